The lowest BCUT2D eigenvalue weighted by molar-refractivity contribution is 0.123. The summed E-state index contributed by atoms with van der Waals surface area (Å²) in [4.78, 5) is 0. The lowest BCUT2D eigenvalue weighted by Crippen LogP contribution is -2.31. The van der Waals surface area contributed by atoms with Gasteiger partial charge in [-0.1, -0.05) is 29.3 Å². The summed E-state index contributed by atoms with van der Waals surface area (Å²) in [6.07, 6.45) is 0. The Labute approximate surface area is 99.5 Å². The van der Waals surface area contributed by atoms with Crippen LogP contribution in [0.4, 0.5) is 0 Å². The van der Waals surface area contributed by atoms with Crippen LogP contribution in [0.25, 0.3) is 0 Å². The van der Waals surface area contributed by atoms with Gasteiger partial charge in [0.2, 0.25) is 0 Å². The molecular weight excluding hydrogens is 235 g/mol. The molecule has 0 radical (unpaired) electrons. The summed E-state index contributed by atoms with van der Waals surface area (Å²) in [5, 5.41) is 1.18. The molecule has 0 bridgehead atoms. The highest BCUT2D eigenvalue weighted by Crippen LogP contribution is 2.29. The molecular formula is C10H14Cl2N2O. The van der Waals surface area contributed by atoms with Crippen molar-refractivity contribution < 1.29 is 4.74 Å². The quantitative estimate of drug-likeness (QED) is 0.622. The average molecular weight is 249 g/mol. The van der Waals surface area contributed by atoms with Gasteiger partial charge in [-0.25, -0.2) is 0 Å². The van der Waals surface area contributed by atoms with E-state index in [0.717, 1.165) is 5.56 Å². The van der Waals surface area contributed by atoms with Crippen LogP contribution in [-0.2, 0) is 4.74 Å². The van der Waals surface area contributed by atoms with Crippen molar-refractivity contribution >= 4 is 23.2 Å². The van der Waals surface area contributed by atoms with E-state index in [2.05, 4.69) is 5.43 Å². The Morgan fingerprint density at radius 2 is 2.00 bits per heavy atom. The second-order valence-electron chi connectivity index (χ2n) is 3.01. The Balaban J connectivity index is 2.90. The van der Waals surface area contributed by atoms with E-state index >= 15 is 0 Å². The van der Waals surface area contributed by atoms with E-state index in [9.17, 15) is 0 Å². The number of ether oxygens (including phenoxy) is 1. The molecule has 15 heavy (non-hydrogen) atoms. The second kappa shape index (κ2) is 6.30. The largest absolute Gasteiger partial charge is 0.380 e. The van der Waals surface area contributed by atoms with Crippen LogP contribution in [0, 0.1) is 0 Å². The van der Waals surface area contributed by atoms with E-state index in [4.69, 9.17) is 33.8 Å². The van der Waals surface area contributed by atoms with Crippen molar-refractivity contribution in [2.75, 3.05) is 13.2 Å². The van der Waals surface area contributed by atoms with Gasteiger partial charge in [0.1, 0.15) is 0 Å². The topological polar surface area (TPSA) is 47.3 Å². The van der Waals surface area contributed by atoms with Gasteiger partial charge in [-0.15, -0.1) is 0 Å². The van der Waals surface area contributed by atoms with Gasteiger partial charge < -0.3 is 4.74 Å². The molecule has 1 unspecified atom stereocenters. The summed E-state index contributed by atoms with van der Waals surface area (Å²) in [5.74, 6) is 5.44. The van der Waals surface area contributed by atoms with Gasteiger partial charge in [0, 0.05) is 22.2 Å². The van der Waals surface area contributed by atoms with E-state index in [1.54, 1.807) is 18.2 Å². The highest BCUT2D eigenvalue weighted by Gasteiger charge is 2.16. The summed E-state index contributed by atoms with van der Waals surface area (Å²) in [6, 6.07) is 5.16. The van der Waals surface area contributed by atoms with Gasteiger partial charge in [0.25, 0.3) is 0 Å². The first-order chi connectivity index (χ1) is 7.20. The van der Waals surface area contributed by atoms with Gasteiger partial charge >= 0.3 is 0 Å². The molecule has 0 aromatic heterocycles. The molecule has 84 valence electrons. The molecule has 3 nitrogen and oxygen atoms in total. The van der Waals surface area contributed by atoms with Crippen LogP contribution in [0.1, 0.15) is 18.5 Å². The highest BCUT2D eigenvalue weighted by atomic mass is 35.5. The minimum Gasteiger partial charge on any atom is -0.380 e. The van der Waals surface area contributed by atoms with Crippen molar-refractivity contribution in [3.63, 3.8) is 0 Å². The van der Waals surface area contributed by atoms with Crippen molar-refractivity contribution in [2.24, 2.45) is 5.84 Å². The zero-order valence-electron chi connectivity index (χ0n) is 8.47. The minimum atomic E-state index is -0.189. The lowest BCUT2D eigenvalue weighted by atomic mass is 10.1. The molecule has 3 N–H and O–H groups in total. The summed E-state index contributed by atoms with van der Waals surface area (Å²) >= 11 is 12.1. The number of nitrogens with two attached hydrogens (primary N) is 1. The van der Waals surface area contributed by atoms with E-state index < -0.39 is 0 Å². The fraction of sp³-hybridized carbons (Fsp3) is 0.400. The van der Waals surface area contributed by atoms with Crippen molar-refractivity contribution in [1.82, 2.24) is 5.43 Å². The maximum atomic E-state index is 6.05. The molecule has 0 aliphatic rings. The van der Waals surface area contributed by atoms with Crippen LogP contribution in [0.2, 0.25) is 10.0 Å². The zero-order chi connectivity index (χ0) is 11.3. The first-order valence-electron chi connectivity index (χ1n) is 4.68. The normalized spacial score (nSPS) is 12.8. The fourth-order valence-corrected chi connectivity index (χ4v) is 1.95. The fourth-order valence-electron chi connectivity index (χ4n) is 1.29. The molecule has 0 saturated carbocycles. The molecule has 0 aliphatic heterocycles. The van der Waals surface area contributed by atoms with Crippen LogP contribution in [0.3, 0.4) is 0 Å². The van der Waals surface area contributed by atoms with Gasteiger partial charge in [-0.2, -0.15) is 0 Å². The smallest absolute Gasteiger partial charge is 0.0723 e. The summed E-state index contributed by atoms with van der Waals surface area (Å²) in [6.45, 7) is 2.98. The Hall–Kier alpha value is -0.320. The number of nitrogens with one attached hydrogen (secondary N) is 1. The van der Waals surface area contributed by atoms with E-state index in [1.165, 1.54) is 0 Å². The van der Waals surface area contributed by atoms with Crippen LogP contribution in [0.15, 0.2) is 18.2 Å². The lowest BCUT2D eigenvalue weighted by Gasteiger charge is -2.18. The Bertz CT molecular complexity index is 300. The number of halogens is 2. The molecule has 1 rings (SSSR count). The molecule has 0 aliphatic carbocycles. The second-order valence-corrected chi connectivity index (χ2v) is 3.83. The van der Waals surface area contributed by atoms with Gasteiger partial charge in [0.05, 0.1) is 12.6 Å². The predicted octanol–water partition coefficient (Wildman–Crippen LogP) is 2.53. The maximum Gasteiger partial charge on any atom is 0.0723 e. The van der Waals surface area contributed by atoms with Crippen molar-refractivity contribution in [3.8, 4) is 0 Å². The third-order valence-corrected chi connectivity index (χ3v) is 2.70. The number of benzene rings is 1. The number of rotatable bonds is 5. The van der Waals surface area contributed by atoms with E-state index in [-0.39, 0.29) is 6.04 Å². The summed E-state index contributed by atoms with van der Waals surface area (Å²) in [5.41, 5.74) is 3.42. The Morgan fingerprint density at radius 1 is 1.40 bits per heavy atom. The minimum absolute atomic E-state index is 0.189. The molecule has 1 atom stereocenters. The molecule has 0 fully saturated rings. The first-order valence-corrected chi connectivity index (χ1v) is 5.44. The van der Waals surface area contributed by atoms with E-state index in [0.29, 0.717) is 23.3 Å². The Kier molecular flexibility index (Phi) is 5.36. The first kappa shape index (κ1) is 12.7. The number of hydrogen-bond acceptors (Lipinski definition) is 3. The van der Waals surface area contributed by atoms with Crippen LogP contribution in [-0.4, -0.2) is 13.2 Å². The number of hydrazine groups is 1. The molecule has 5 heteroatoms. The van der Waals surface area contributed by atoms with Gasteiger partial charge in [-0.3, -0.25) is 11.3 Å². The van der Waals surface area contributed by atoms with Gasteiger partial charge in [-0.05, 0) is 19.1 Å². The van der Waals surface area contributed by atoms with Crippen LogP contribution >= 0.6 is 23.2 Å². The van der Waals surface area contributed by atoms with Crippen molar-refractivity contribution in [2.45, 2.75) is 13.0 Å². The summed E-state index contributed by atoms with van der Waals surface area (Å²) in [7, 11) is 0. The average Bonchev–Trinajstić information content (AvgIpc) is 2.22. The number of hydrogen-bond donors (Lipinski definition) is 2. The monoisotopic (exact) mass is 248 g/mol. The highest BCUT2D eigenvalue weighted by molar-refractivity contribution is 6.36. The van der Waals surface area contributed by atoms with Crippen LogP contribution < -0.4 is 11.3 Å². The SMILES string of the molecule is CCOCC(NN)c1c(Cl)cccc1Cl. The van der Waals surface area contributed by atoms with E-state index in [1.807, 2.05) is 6.92 Å². The molecule has 1 aromatic carbocycles. The maximum absolute atomic E-state index is 6.05. The predicted molar refractivity (Wildman–Crippen MR) is 63.0 cm³/mol. The third-order valence-electron chi connectivity index (χ3n) is 2.04. The summed E-state index contributed by atoms with van der Waals surface area (Å²) < 4.78 is 5.29. The molecule has 1 aromatic rings. The third kappa shape index (κ3) is 3.33. The Morgan fingerprint density at radius 3 is 2.47 bits per heavy atom. The van der Waals surface area contributed by atoms with Gasteiger partial charge in [0.15, 0.2) is 0 Å². The molecule has 0 heterocycles. The molecule has 0 amide bonds. The van der Waals surface area contributed by atoms with Crippen molar-refractivity contribution in [1.29, 1.82) is 0 Å². The van der Waals surface area contributed by atoms with Crippen LogP contribution in [0.5, 0.6) is 0 Å². The standard InChI is InChI=1S/C10H14Cl2N2O/c1-2-15-6-9(14-13)10-7(11)4-3-5-8(10)12/h3-5,9,14H,2,6,13H2,1H3. The zero-order valence-corrected chi connectivity index (χ0v) is 9.98. The molecule has 0 saturated heterocycles. The molecule has 0 spiro atoms. The van der Waals surface area contributed by atoms with Crippen molar-refractivity contribution in [3.05, 3.63) is 33.8 Å².